The molecule has 1 N–H and O–H groups in total. The van der Waals surface area contributed by atoms with Gasteiger partial charge in [0.25, 0.3) is 0 Å². The maximum Gasteiger partial charge on any atom is 0.422 e. The number of benzene rings is 1. The Bertz CT molecular complexity index is 995. The molecular formula is C22H27F3N2O4S. The molecule has 3 rings (SSSR count). The van der Waals surface area contributed by atoms with Gasteiger partial charge in [0.15, 0.2) is 6.61 Å². The summed E-state index contributed by atoms with van der Waals surface area (Å²) in [5.74, 6) is 0.546. The van der Waals surface area contributed by atoms with Crippen LogP contribution >= 0.6 is 0 Å². The Morgan fingerprint density at radius 3 is 2.50 bits per heavy atom. The molecule has 0 aliphatic heterocycles. The summed E-state index contributed by atoms with van der Waals surface area (Å²) < 4.78 is 75.9. The van der Waals surface area contributed by atoms with Crippen LogP contribution in [-0.2, 0) is 10.0 Å². The molecule has 0 radical (unpaired) electrons. The highest BCUT2D eigenvalue weighted by molar-refractivity contribution is 7.90. The Labute approximate surface area is 186 Å². The van der Waals surface area contributed by atoms with E-state index in [2.05, 4.69) is 9.71 Å². The van der Waals surface area contributed by atoms with Crippen molar-refractivity contribution in [2.45, 2.75) is 63.1 Å². The van der Waals surface area contributed by atoms with E-state index in [1.165, 1.54) is 12.3 Å². The summed E-state index contributed by atoms with van der Waals surface area (Å²) in [4.78, 5) is 4.32. The largest absolute Gasteiger partial charge is 0.487 e. The lowest BCUT2D eigenvalue weighted by atomic mass is 9.93. The third-order valence-electron chi connectivity index (χ3n) is 5.22. The Balaban J connectivity index is 1.72. The smallest absolute Gasteiger partial charge is 0.422 e. The zero-order valence-electron chi connectivity index (χ0n) is 17.9. The van der Waals surface area contributed by atoms with E-state index in [1.54, 1.807) is 44.2 Å². The molecule has 2 atom stereocenters. The Morgan fingerprint density at radius 2 is 1.84 bits per heavy atom. The molecule has 10 heteroatoms. The lowest BCUT2D eigenvalue weighted by Gasteiger charge is -2.32. The molecule has 176 valence electrons. The van der Waals surface area contributed by atoms with Gasteiger partial charge in [0.1, 0.15) is 17.6 Å². The number of rotatable bonds is 8. The highest BCUT2D eigenvalue weighted by Gasteiger charge is 2.32. The number of ether oxygens (including phenoxy) is 2. The van der Waals surface area contributed by atoms with Gasteiger partial charge in [0.05, 0.1) is 23.2 Å². The molecule has 1 aliphatic rings. The first-order valence-corrected chi connectivity index (χ1v) is 12.0. The van der Waals surface area contributed by atoms with Crippen LogP contribution in [0.25, 0.3) is 11.3 Å². The van der Waals surface area contributed by atoms with Crippen molar-refractivity contribution in [2.24, 2.45) is 0 Å². The van der Waals surface area contributed by atoms with Crippen LogP contribution in [0.15, 0.2) is 42.6 Å². The first-order valence-electron chi connectivity index (χ1n) is 10.5. The quantitative estimate of drug-likeness (QED) is 0.602. The molecule has 32 heavy (non-hydrogen) atoms. The standard InChI is InChI=1S/C22H27F3N2O4S/c1-15(2)32(28,29)27-19-8-4-6-10-21(19)31-16-11-12-18(26-13-16)17-7-3-5-9-20(17)30-14-22(23,24)25/h3,5,7,9,11-13,15,19,21,27H,4,6,8,10,14H2,1-2H3. The van der Waals surface area contributed by atoms with Crippen LogP contribution in [0.3, 0.4) is 0 Å². The van der Waals surface area contributed by atoms with Crippen molar-refractivity contribution in [3.05, 3.63) is 42.6 Å². The van der Waals surface area contributed by atoms with Crippen LogP contribution < -0.4 is 14.2 Å². The summed E-state index contributed by atoms with van der Waals surface area (Å²) in [5.41, 5.74) is 0.874. The summed E-state index contributed by atoms with van der Waals surface area (Å²) in [5, 5.41) is -0.536. The lowest BCUT2D eigenvalue weighted by Crippen LogP contribution is -2.49. The number of aromatic nitrogens is 1. The number of nitrogens with zero attached hydrogens (tertiary/aromatic N) is 1. The summed E-state index contributed by atoms with van der Waals surface area (Å²) in [6, 6.07) is 9.36. The van der Waals surface area contributed by atoms with Crippen molar-refractivity contribution in [1.29, 1.82) is 0 Å². The average molecular weight is 473 g/mol. The normalized spacial score (nSPS) is 19.7. The second-order valence-corrected chi connectivity index (χ2v) is 10.3. The maximum atomic E-state index is 12.5. The number of hydrogen-bond donors (Lipinski definition) is 1. The van der Waals surface area contributed by atoms with Crippen LogP contribution in [0.4, 0.5) is 13.2 Å². The number of alkyl halides is 3. The molecule has 2 unspecified atom stereocenters. The topological polar surface area (TPSA) is 77.5 Å². The SMILES string of the molecule is CC(C)S(=O)(=O)NC1CCCCC1Oc1ccc(-c2ccccc2OCC(F)(F)F)nc1. The van der Waals surface area contributed by atoms with Gasteiger partial charge >= 0.3 is 6.18 Å². The van der Waals surface area contributed by atoms with Gasteiger partial charge in [-0.3, -0.25) is 4.98 Å². The van der Waals surface area contributed by atoms with Crippen LogP contribution in [-0.4, -0.2) is 43.6 Å². The molecule has 0 amide bonds. The maximum absolute atomic E-state index is 12.5. The lowest BCUT2D eigenvalue weighted by molar-refractivity contribution is -0.153. The van der Waals surface area contributed by atoms with Crippen LogP contribution in [0, 0.1) is 0 Å². The monoisotopic (exact) mass is 472 g/mol. The molecular weight excluding hydrogens is 445 g/mol. The minimum absolute atomic E-state index is 0.0847. The first kappa shape index (κ1) is 24.3. The molecule has 1 saturated carbocycles. The third-order valence-corrected chi connectivity index (χ3v) is 7.09. The van der Waals surface area contributed by atoms with Gasteiger partial charge in [-0.05, 0) is 57.4 Å². The summed E-state index contributed by atoms with van der Waals surface area (Å²) in [6.45, 7) is 1.86. The number of nitrogens with one attached hydrogen (secondary N) is 1. The molecule has 1 aromatic carbocycles. The minimum atomic E-state index is -4.44. The van der Waals surface area contributed by atoms with Crippen LogP contribution in [0.2, 0.25) is 0 Å². The fourth-order valence-corrected chi connectivity index (χ4v) is 4.43. The van der Waals surface area contributed by atoms with Crippen molar-refractivity contribution in [2.75, 3.05) is 6.61 Å². The Kier molecular flexibility index (Phi) is 7.66. The van der Waals surface area contributed by atoms with E-state index >= 15 is 0 Å². The Morgan fingerprint density at radius 1 is 1.12 bits per heavy atom. The molecule has 0 bridgehead atoms. The average Bonchev–Trinajstić information content (AvgIpc) is 2.74. The second-order valence-electron chi connectivity index (χ2n) is 8.04. The number of para-hydroxylation sites is 1. The van der Waals surface area contributed by atoms with E-state index in [4.69, 9.17) is 9.47 Å². The van der Waals surface area contributed by atoms with E-state index < -0.39 is 28.1 Å². The van der Waals surface area contributed by atoms with Crippen molar-refractivity contribution in [1.82, 2.24) is 9.71 Å². The third kappa shape index (κ3) is 6.59. The van der Waals surface area contributed by atoms with Gasteiger partial charge in [-0.1, -0.05) is 18.6 Å². The minimum Gasteiger partial charge on any atom is -0.487 e. The Hall–Kier alpha value is -2.33. The summed E-state index contributed by atoms with van der Waals surface area (Å²) in [6.07, 6.45) is -0.0403. The predicted octanol–water partition coefficient (Wildman–Crippen LogP) is 4.71. The molecule has 1 aromatic heterocycles. The molecule has 1 heterocycles. The zero-order valence-corrected chi connectivity index (χ0v) is 18.7. The number of pyridine rings is 1. The highest BCUT2D eigenvalue weighted by atomic mass is 32.2. The van der Waals surface area contributed by atoms with Crippen LogP contribution in [0.1, 0.15) is 39.5 Å². The molecule has 6 nitrogen and oxygen atoms in total. The summed E-state index contributed by atoms with van der Waals surface area (Å²) in [7, 11) is -3.43. The van der Waals surface area contributed by atoms with Crippen molar-refractivity contribution >= 4 is 10.0 Å². The van der Waals surface area contributed by atoms with Crippen molar-refractivity contribution < 1.29 is 31.1 Å². The van der Waals surface area contributed by atoms with Crippen molar-refractivity contribution in [3.63, 3.8) is 0 Å². The van der Waals surface area contributed by atoms with Gasteiger partial charge in [-0.2, -0.15) is 13.2 Å². The highest BCUT2D eigenvalue weighted by Crippen LogP contribution is 2.31. The van der Waals surface area contributed by atoms with E-state index in [0.29, 0.717) is 29.8 Å². The molecule has 2 aromatic rings. The molecule has 1 fully saturated rings. The fourth-order valence-electron chi connectivity index (χ4n) is 3.47. The molecule has 1 aliphatic carbocycles. The molecule has 0 spiro atoms. The number of hydrogen-bond acceptors (Lipinski definition) is 5. The zero-order chi connectivity index (χ0) is 23.4. The number of sulfonamides is 1. The van der Waals surface area contributed by atoms with E-state index in [1.807, 2.05) is 0 Å². The van der Waals surface area contributed by atoms with E-state index in [-0.39, 0.29) is 17.9 Å². The molecule has 0 saturated heterocycles. The van der Waals surface area contributed by atoms with Gasteiger partial charge in [-0.25, -0.2) is 13.1 Å². The van der Waals surface area contributed by atoms with Gasteiger partial charge in [0, 0.05) is 5.56 Å². The predicted molar refractivity (Wildman–Crippen MR) is 115 cm³/mol. The van der Waals surface area contributed by atoms with Crippen molar-refractivity contribution in [3.8, 4) is 22.8 Å². The fraction of sp³-hybridized carbons (Fsp3) is 0.500. The van der Waals surface area contributed by atoms with Gasteiger partial charge < -0.3 is 9.47 Å². The first-order chi connectivity index (χ1) is 15.0. The van der Waals surface area contributed by atoms with Gasteiger partial charge in [-0.15, -0.1) is 0 Å². The van der Waals surface area contributed by atoms with E-state index in [9.17, 15) is 21.6 Å². The van der Waals surface area contributed by atoms with Crippen LogP contribution in [0.5, 0.6) is 11.5 Å². The number of halogens is 3. The van der Waals surface area contributed by atoms with Gasteiger partial charge in [0.2, 0.25) is 10.0 Å². The summed E-state index contributed by atoms with van der Waals surface area (Å²) >= 11 is 0. The van der Waals surface area contributed by atoms with E-state index in [0.717, 1.165) is 12.8 Å². The second kappa shape index (κ2) is 10.1.